The maximum atomic E-state index is 2.50. The molecular formula is C30H40S4. The van der Waals surface area contributed by atoms with Gasteiger partial charge in [-0.05, 0) is 72.9 Å². The Kier molecular flexibility index (Phi) is 9.12. The summed E-state index contributed by atoms with van der Waals surface area (Å²) >= 11 is 8.09. The standard InChI is InChI=1S/C30H40S4/c1-7-9-11-13-21-15-23(19(3)4)33-29(21)27-17-25-26(31-27)18-28(32-25)30-22(14-12-10-8-2)16-24(34-30)20(5)6/h15-20H,7-14H2,1-6H3. The molecule has 0 aromatic carbocycles. The molecule has 0 saturated heterocycles. The van der Waals surface area contributed by atoms with Crippen molar-refractivity contribution in [2.45, 2.75) is 105 Å². The van der Waals surface area contributed by atoms with E-state index < -0.39 is 0 Å². The molecule has 0 N–H and O–H groups in total. The van der Waals surface area contributed by atoms with Crippen LogP contribution in [0.5, 0.6) is 0 Å². The van der Waals surface area contributed by atoms with Crippen molar-refractivity contribution >= 4 is 54.7 Å². The Morgan fingerprint density at radius 2 is 0.971 bits per heavy atom. The van der Waals surface area contributed by atoms with E-state index in [1.807, 2.05) is 45.3 Å². The number of fused-ring (bicyclic) bond motifs is 1. The summed E-state index contributed by atoms with van der Waals surface area (Å²) in [5.41, 5.74) is 3.16. The Hall–Kier alpha value is -0.940. The third-order valence-corrected chi connectivity index (χ3v) is 12.2. The highest BCUT2D eigenvalue weighted by molar-refractivity contribution is 7.33. The first-order chi connectivity index (χ1) is 16.4. The van der Waals surface area contributed by atoms with Crippen LogP contribution in [0.3, 0.4) is 0 Å². The average Bonchev–Trinajstić information content (AvgIpc) is 3.55. The molecular weight excluding hydrogens is 489 g/mol. The van der Waals surface area contributed by atoms with Gasteiger partial charge in [-0.1, -0.05) is 67.2 Å². The Labute approximate surface area is 223 Å². The van der Waals surface area contributed by atoms with E-state index in [0.29, 0.717) is 11.8 Å². The minimum Gasteiger partial charge on any atom is -0.139 e. The van der Waals surface area contributed by atoms with Crippen LogP contribution in [0, 0.1) is 0 Å². The van der Waals surface area contributed by atoms with Gasteiger partial charge in [0.15, 0.2) is 0 Å². The topological polar surface area (TPSA) is 0 Å². The second kappa shape index (κ2) is 11.9. The van der Waals surface area contributed by atoms with Crippen molar-refractivity contribution in [3.8, 4) is 19.5 Å². The number of hydrogen-bond acceptors (Lipinski definition) is 4. The van der Waals surface area contributed by atoms with Crippen LogP contribution in [0.2, 0.25) is 0 Å². The van der Waals surface area contributed by atoms with Gasteiger partial charge in [-0.2, -0.15) is 0 Å². The summed E-state index contributed by atoms with van der Waals surface area (Å²) in [7, 11) is 0. The summed E-state index contributed by atoms with van der Waals surface area (Å²) in [4.78, 5) is 9.11. The Balaban J connectivity index is 1.65. The summed E-state index contributed by atoms with van der Waals surface area (Å²) in [6.07, 6.45) is 10.3. The van der Waals surface area contributed by atoms with Gasteiger partial charge in [0.25, 0.3) is 0 Å². The first-order valence-corrected chi connectivity index (χ1v) is 16.5. The van der Waals surface area contributed by atoms with Crippen molar-refractivity contribution in [2.24, 2.45) is 0 Å². The van der Waals surface area contributed by atoms with Crippen molar-refractivity contribution in [3.05, 3.63) is 45.1 Å². The lowest BCUT2D eigenvalue weighted by molar-refractivity contribution is 0.718. The van der Waals surface area contributed by atoms with Crippen LogP contribution < -0.4 is 0 Å². The molecule has 4 heteroatoms. The van der Waals surface area contributed by atoms with Gasteiger partial charge in [-0.25, -0.2) is 0 Å². The molecule has 184 valence electrons. The number of hydrogen-bond donors (Lipinski definition) is 0. The largest absolute Gasteiger partial charge is 0.139 e. The van der Waals surface area contributed by atoms with Gasteiger partial charge in [0.1, 0.15) is 0 Å². The molecule has 4 aromatic rings. The van der Waals surface area contributed by atoms with Crippen molar-refractivity contribution in [1.82, 2.24) is 0 Å². The lowest BCUT2D eigenvalue weighted by Crippen LogP contribution is -1.85. The highest BCUT2D eigenvalue weighted by atomic mass is 32.1. The van der Waals surface area contributed by atoms with Gasteiger partial charge in [0.2, 0.25) is 0 Å². The van der Waals surface area contributed by atoms with Crippen LogP contribution >= 0.6 is 45.3 Å². The molecule has 0 nitrogen and oxygen atoms in total. The molecule has 0 aliphatic rings. The SMILES string of the molecule is CCCCCc1cc(C(C)C)sc1-c1cc2sc(-c3sc(C(C)C)cc3CCCCC)cc2s1. The fourth-order valence-corrected chi connectivity index (χ4v) is 9.54. The van der Waals surface area contributed by atoms with E-state index in [2.05, 4.69) is 65.8 Å². The van der Waals surface area contributed by atoms with Gasteiger partial charge in [-0.3, -0.25) is 0 Å². The summed E-state index contributed by atoms with van der Waals surface area (Å²) in [5.74, 6) is 1.22. The second-order valence-electron chi connectivity index (χ2n) is 10.2. The van der Waals surface area contributed by atoms with Gasteiger partial charge in [0, 0.05) is 38.7 Å². The summed E-state index contributed by atoms with van der Waals surface area (Å²) in [6, 6.07) is 9.98. The number of thiophene rings is 4. The van der Waals surface area contributed by atoms with Crippen LogP contribution in [-0.4, -0.2) is 0 Å². The third-order valence-electron chi connectivity index (χ3n) is 6.55. The van der Waals surface area contributed by atoms with E-state index in [-0.39, 0.29) is 0 Å². The van der Waals surface area contributed by atoms with Crippen molar-refractivity contribution < 1.29 is 0 Å². The average molecular weight is 529 g/mol. The van der Waals surface area contributed by atoms with E-state index in [1.54, 1.807) is 11.1 Å². The molecule has 0 bridgehead atoms. The smallest absolute Gasteiger partial charge is 0.0478 e. The zero-order chi connectivity index (χ0) is 24.2. The monoisotopic (exact) mass is 528 g/mol. The quantitative estimate of drug-likeness (QED) is 0.160. The number of unbranched alkanes of at least 4 members (excludes halogenated alkanes) is 4. The summed E-state index contributed by atoms with van der Waals surface area (Å²) in [5, 5.41) is 0. The fraction of sp³-hybridized carbons (Fsp3) is 0.533. The summed E-state index contributed by atoms with van der Waals surface area (Å²) in [6.45, 7) is 13.9. The van der Waals surface area contributed by atoms with E-state index in [1.165, 1.54) is 90.0 Å². The van der Waals surface area contributed by atoms with Crippen molar-refractivity contribution in [2.75, 3.05) is 0 Å². The molecule has 4 rings (SSSR count). The molecule has 0 spiro atoms. The zero-order valence-electron chi connectivity index (χ0n) is 21.8. The van der Waals surface area contributed by atoms with Crippen LogP contribution in [0.25, 0.3) is 28.9 Å². The molecule has 0 radical (unpaired) electrons. The molecule has 0 fully saturated rings. The van der Waals surface area contributed by atoms with Crippen LogP contribution in [0.4, 0.5) is 0 Å². The predicted molar refractivity (Wildman–Crippen MR) is 161 cm³/mol. The van der Waals surface area contributed by atoms with E-state index >= 15 is 0 Å². The Morgan fingerprint density at radius 3 is 1.32 bits per heavy atom. The summed E-state index contributed by atoms with van der Waals surface area (Å²) < 4.78 is 2.93. The molecule has 0 aliphatic carbocycles. The van der Waals surface area contributed by atoms with Gasteiger partial charge >= 0.3 is 0 Å². The maximum Gasteiger partial charge on any atom is 0.0478 e. The van der Waals surface area contributed by atoms with Gasteiger partial charge in [0.05, 0.1) is 0 Å². The normalized spacial score (nSPS) is 12.1. The third kappa shape index (κ3) is 5.88. The lowest BCUT2D eigenvalue weighted by atomic mass is 10.0. The molecule has 34 heavy (non-hydrogen) atoms. The predicted octanol–water partition coefficient (Wildman–Crippen LogP) is 12.1. The number of aryl methyl sites for hydroxylation is 2. The first-order valence-electron chi connectivity index (χ1n) is 13.2. The van der Waals surface area contributed by atoms with E-state index in [0.717, 1.165) is 0 Å². The zero-order valence-corrected chi connectivity index (χ0v) is 25.0. The lowest BCUT2D eigenvalue weighted by Gasteiger charge is -2.02. The molecule has 0 saturated carbocycles. The fourth-order valence-electron chi connectivity index (χ4n) is 4.45. The van der Waals surface area contributed by atoms with Crippen LogP contribution in [-0.2, 0) is 12.8 Å². The molecule has 0 unspecified atom stereocenters. The Bertz CT molecular complexity index is 1070. The van der Waals surface area contributed by atoms with Gasteiger partial charge in [-0.15, -0.1) is 45.3 Å². The highest BCUT2D eigenvalue weighted by Crippen LogP contribution is 2.48. The van der Waals surface area contributed by atoms with Crippen molar-refractivity contribution in [1.29, 1.82) is 0 Å². The van der Waals surface area contributed by atoms with Crippen LogP contribution in [0.1, 0.15) is 113 Å². The second-order valence-corrected chi connectivity index (χ2v) is 14.5. The van der Waals surface area contributed by atoms with Crippen molar-refractivity contribution in [3.63, 3.8) is 0 Å². The first kappa shape index (κ1) is 26.1. The molecule has 0 atom stereocenters. The maximum absolute atomic E-state index is 2.50. The number of rotatable bonds is 12. The van der Waals surface area contributed by atoms with Crippen LogP contribution in [0.15, 0.2) is 24.3 Å². The minimum absolute atomic E-state index is 0.608. The molecule has 4 aromatic heterocycles. The molecule has 4 heterocycles. The highest BCUT2D eigenvalue weighted by Gasteiger charge is 2.19. The van der Waals surface area contributed by atoms with Gasteiger partial charge < -0.3 is 0 Å². The molecule has 0 amide bonds. The van der Waals surface area contributed by atoms with E-state index in [9.17, 15) is 0 Å². The van der Waals surface area contributed by atoms with E-state index in [4.69, 9.17) is 0 Å². The Morgan fingerprint density at radius 1 is 0.559 bits per heavy atom. The minimum atomic E-state index is 0.608. The molecule has 0 aliphatic heterocycles.